The van der Waals surface area contributed by atoms with E-state index in [1.54, 1.807) is 12.5 Å². The molecule has 2 aromatic rings. The largest absolute Gasteiger partial charge is 0.463 e. The fraction of sp³-hybridized carbons (Fsp3) is 0.375. The van der Waals surface area contributed by atoms with E-state index in [-0.39, 0.29) is 11.8 Å². The summed E-state index contributed by atoms with van der Waals surface area (Å²) < 4.78 is 10.7. The van der Waals surface area contributed by atoms with Crippen molar-refractivity contribution in [2.24, 2.45) is 5.92 Å². The number of hydrogen-bond acceptors (Lipinski definition) is 4. The number of furan rings is 1. The molecular formula is C16H18N2O3. The highest BCUT2D eigenvalue weighted by molar-refractivity contribution is 5.78. The van der Waals surface area contributed by atoms with Crippen LogP contribution in [-0.2, 0) is 16.1 Å². The van der Waals surface area contributed by atoms with Crippen LogP contribution in [0.5, 0.6) is 0 Å². The smallest absolute Gasteiger partial charge is 0.223 e. The van der Waals surface area contributed by atoms with E-state index in [1.165, 1.54) is 0 Å². The zero-order chi connectivity index (χ0) is 14.5. The molecule has 5 nitrogen and oxygen atoms in total. The molecule has 0 radical (unpaired) electrons. The van der Waals surface area contributed by atoms with Gasteiger partial charge in [0.15, 0.2) is 5.76 Å². The van der Waals surface area contributed by atoms with Gasteiger partial charge in [0.1, 0.15) is 5.69 Å². The Balaban J connectivity index is 1.66. The molecule has 0 bridgehead atoms. The monoisotopic (exact) mass is 286 g/mol. The van der Waals surface area contributed by atoms with Gasteiger partial charge in [-0.1, -0.05) is 6.07 Å². The Morgan fingerprint density at radius 3 is 2.90 bits per heavy atom. The SMILES string of the molecule is O=C(NCc1cccnc1-c1ccco1)C1CCOCC1. The number of nitrogens with zero attached hydrogens (tertiary/aromatic N) is 1. The van der Waals surface area contributed by atoms with E-state index in [1.807, 2.05) is 24.3 Å². The molecule has 21 heavy (non-hydrogen) atoms. The van der Waals surface area contributed by atoms with Gasteiger partial charge in [-0.3, -0.25) is 9.78 Å². The average molecular weight is 286 g/mol. The number of aromatic nitrogens is 1. The molecule has 3 heterocycles. The standard InChI is InChI=1S/C16H18N2O3/c19-16(12-5-9-20-10-6-12)18-11-13-3-1-7-17-15(13)14-4-2-8-21-14/h1-4,7-8,12H,5-6,9-11H2,(H,18,19). The number of amides is 1. The maximum atomic E-state index is 12.2. The van der Waals surface area contributed by atoms with E-state index in [0.29, 0.717) is 25.5 Å². The minimum atomic E-state index is 0.0579. The summed E-state index contributed by atoms with van der Waals surface area (Å²) in [4.78, 5) is 16.5. The number of carbonyl (C=O) groups is 1. The van der Waals surface area contributed by atoms with Crippen molar-refractivity contribution in [3.05, 3.63) is 42.3 Å². The second kappa shape index (κ2) is 6.54. The van der Waals surface area contributed by atoms with Gasteiger partial charge in [0.25, 0.3) is 0 Å². The van der Waals surface area contributed by atoms with Gasteiger partial charge in [-0.05, 0) is 31.0 Å². The highest BCUT2D eigenvalue weighted by Crippen LogP contribution is 2.21. The summed E-state index contributed by atoms with van der Waals surface area (Å²) in [6, 6.07) is 7.51. The Hall–Kier alpha value is -2.14. The van der Waals surface area contributed by atoms with Gasteiger partial charge in [-0.15, -0.1) is 0 Å². The van der Waals surface area contributed by atoms with Crippen molar-refractivity contribution in [1.29, 1.82) is 0 Å². The highest BCUT2D eigenvalue weighted by Gasteiger charge is 2.21. The minimum Gasteiger partial charge on any atom is -0.463 e. The van der Waals surface area contributed by atoms with Gasteiger partial charge in [0, 0.05) is 37.4 Å². The molecule has 0 aliphatic carbocycles. The molecule has 1 fully saturated rings. The summed E-state index contributed by atoms with van der Waals surface area (Å²) in [7, 11) is 0. The molecule has 3 rings (SSSR count). The van der Waals surface area contributed by atoms with Crippen molar-refractivity contribution in [2.45, 2.75) is 19.4 Å². The van der Waals surface area contributed by atoms with Crippen LogP contribution in [0.25, 0.3) is 11.5 Å². The predicted octanol–water partition coefficient (Wildman–Crippen LogP) is 2.38. The Bertz CT molecular complexity index is 589. The first-order valence-corrected chi connectivity index (χ1v) is 7.18. The molecule has 1 aliphatic heterocycles. The molecule has 110 valence electrons. The van der Waals surface area contributed by atoms with Crippen LogP contribution in [0, 0.1) is 5.92 Å². The first kappa shape index (κ1) is 13.8. The molecule has 0 saturated carbocycles. The van der Waals surface area contributed by atoms with Crippen LogP contribution in [0.1, 0.15) is 18.4 Å². The number of ether oxygens (including phenoxy) is 1. The third-order valence-corrected chi connectivity index (χ3v) is 3.69. The van der Waals surface area contributed by atoms with Crippen molar-refractivity contribution in [1.82, 2.24) is 10.3 Å². The lowest BCUT2D eigenvalue weighted by atomic mass is 9.99. The third-order valence-electron chi connectivity index (χ3n) is 3.69. The van der Waals surface area contributed by atoms with Crippen molar-refractivity contribution in [3.63, 3.8) is 0 Å². The van der Waals surface area contributed by atoms with Gasteiger partial charge in [-0.25, -0.2) is 0 Å². The quantitative estimate of drug-likeness (QED) is 0.937. The fourth-order valence-corrected chi connectivity index (χ4v) is 2.50. The van der Waals surface area contributed by atoms with E-state index in [9.17, 15) is 4.79 Å². The topological polar surface area (TPSA) is 64.4 Å². The van der Waals surface area contributed by atoms with E-state index in [4.69, 9.17) is 9.15 Å². The van der Waals surface area contributed by atoms with E-state index in [0.717, 1.165) is 24.1 Å². The summed E-state index contributed by atoms with van der Waals surface area (Å²) in [5, 5.41) is 2.99. The molecule has 1 aliphatic rings. The molecule has 5 heteroatoms. The second-order valence-corrected chi connectivity index (χ2v) is 5.09. The van der Waals surface area contributed by atoms with E-state index >= 15 is 0 Å². The molecule has 0 atom stereocenters. The van der Waals surface area contributed by atoms with E-state index < -0.39 is 0 Å². The Kier molecular flexibility index (Phi) is 4.31. The van der Waals surface area contributed by atoms with Crippen LogP contribution >= 0.6 is 0 Å². The normalized spacial score (nSPS) is 15.8. The van der Waals surface area contributed by atoms with Gasteiger partial charge in [-0.2, -0.15) is 0 Å². The number of pyridine rings is 1. The van der Waals surface area contributed by atoms with Gasteiger partial charge in [0.05, 0.1) is 6.26 Å². The van der Waals surface area contributed by atoms with Crippen molar-refractivity contribution >= 4 is 5.91 Å². The van der Waals surface area contributed by atoms with Crippen LogP contribution in [0.15, 0.2) is 41.1 Å². The highest BCUT2D eigenvalue weighted by atomic mass is 16.5. The first-order valence-electron chi connectivity index (χ1n) is 7.18. The summed E-state index contributed by atoms with van der Waals surface area (Å²) in [5.74, 6) is 0.862. The molecule has 1 saturated heterocycles. The summed E-state index contributed by atoms with van der Waals surface area (Å²) in [5.41, 5.74) is 1.72. The lowest BCUT2D eigenvalue weighted by Gasteiger charge is -2.21. The molecule has 0 aromatic carbocycles. The summed E-state index contributed by atoms with van der Waals surface area (Å²) >= 11 is 0. The van der Waals surface area contributed by atoms with Crippen LogP contribution in [0.3, 0.4) is 0 Å². The molecule has 1 N–H and O–H groups in total. The molecule has 0 unspecified atom stereocenters. The maximum absolute atomic E-state index is 12.2. The molecule has 2 aromatic heterocycles. The number of carbonyl (C=O) groups excluding carboxylic acids is 1. The van der Waals surface area contributed by atoms with Gasteiger partial charge >= 0.3 is 0 Å². The molecule has 1 amide bonds. The lowest BCUT2D eigenvalue weighted by Crippen LogP contribution is -2.34. The van der Waals surface area contributed by atoms with Crippen LogP contribution in [0.2, 0.25) is 0 Å². The second-order valence-electron chi connectivity index (χ2n) is 5.09. The van der Waals surface area contributed by atoms with Crippen molar-refractivity contribution in [2.75, 3.05) is 13.2 Å². The molecule has 0 spiro atoms. The average Bonchev–Trinajstić information content (AvgIpc) is 3.08. The Morgan fingerprint density at radius 1 is 1.29 bits per heavy atom. The number of nitrogens with one attached hydrogen (secondary N) is 1. The van der Waals surface area contributed by atoms with Crippen LogP contribution in [0.4, 0.5) is 0 Å². The Morgan fingerprint density at radius 2 is 2.14 bits per heavy atom. The first-order chi connectivity index (χ1) is 10.3. The van der Waals surface area contributed by atoms with Crippen molar-refractivity contribution in [3.8, 4) is 11.5 Å². The van der Waals surface area contributed by atoms with E-state index in [2.05, 4.69) is 10.3 Å². The summed E-state index contributed by atoms with van der Waals surface area (Å²) in [6.45, 7) is 1.80. The minimum absolute atomic E-state index is 0.0579. The summed E-state index contributed by atoms with van der Waals surface area (Å²) in [6.07, 6.45) is 4.93. The number of rotatable bonds is 4. The Labute approximate surface area is 123 Å². The predicted molar refractivity (Wildman–Crippen MR) is 77.3 cm³/mol. The number of hydrogen-bond donors (Lipinski definition) is 1. The molecular weight excluding hydrogens is 268 g/mol. The third kappa shape index (κ3) is 3.31. The van der Waals surface area contributed by atoms with Gasteiger partial charge in [0.2, 0.25) is 5.91 Å². The fourth-order valence-electron chi connectivity index (χ4n) is 2.50. The van der Waals surface area contributed by atoms with Gasteiger partial charge < -0.3 is 14.5 Å². The van der Waals surface area contributed by atoms with Crippen LogP contribution < -0.4 is 5.32 Å². The zero-order valence-corrected chi connectivity index (χ0v) is 11.7. The van der Waals surface area contributed by atoms with Crippen molar-refractivity contribution < 1.29 is 13.9 Å². The zero-order valence-electron chi connectivity index (χ0n) is 11.7. The maximum Gasteiger partial charge on any atom is 0.223 e. The lowest BCUT2D eigenvalue weighted by molar-refractivity contribution is -0.128. The van der Waals surface area contributed by atoms with Crippen LogP contribution in [-0.4, -0.2) is 24.1 Å².